The van der Waals surface area contributed by atoms with Gasteiger partial charge in [0.25, 0.3) is 5.91 Å². The molecular weight excluding hydrogens is 479 g/mol. The molecule has 186 valence electrons. The molecule has 0 bridgehead atoms. The van der Waals surface area contributed by atoms with Crippen molar-refractivity contribution in [2.24, 2.45) is 5.10 Å². The summed E-state index contributed by atoms with van der Waals surface area (Å²) in [5.41, 5.74) is 3.37. The average molecular weight is 507 g/mol. The van der Waals surface area contributed by atoms with Gasteiger partial charge in [-0.2, -0.15) is 5.10 Å². The lowest BCUT2D eigenvalue weighted by molar-refractivity contribution is -0.134. The Morgan fingerprint density at radius 2 is 1.78 bits per heavy atom. The summed E-state index contributed by atoms with van der Waals surface area (Å²) in [6.07, 6.45) is 0.599. The van der Waals surface area contributed by atoms with Crippen LogP contribution in [0.5, 0.6) is 5.75 Å². The lowest BCUT2D eigenvalue weighted by Crippen LogP contribution is -2.49. The minimum Gasteiger partial charge on any atom is -0.497 e. The largest absolute Gasteiger partial charge is 0.497 e. The van der Waals surface area contributed by atoms with Gasteiger partial charge in [-0.1, -0.05) is 48.0 Å². The fraction of sp³-hybridized carbons (Fsp3) is 0.286. The number of hydrogen-bond donors (Lipinski definition) is 0. The highest BCUT2D eigenvalue weighted by molar-refractivity contribution is 6.30. The summed E-state index contributed by atoms with van der Waals surface area (Å²) in [6, 6.07) is 21.9. The molecular formula is C28H28ClFN4O2. The zero-order valence-electron chi connectivity index (χ0n) is 20.1. The number of piperazine rings is 1. The van der Waals surface area contributed by atoms with E-state index in [0.29, 0.717) is 43.3 Å². The number of carbonyl (C=O) groups is 1. The van der Waals surface area contributed by atoms with E-state index in [-0.39, 0.29) is 24.3 Å². The molecule has 3 aromatic rings. The molecule has 2 heterocycles. The van der Waals surface area contributed by atoms with Crippen LogP contribution in [0.4, 0.5) is 10.1 Å². The Labute approximate surface area is 215 Å². The molecule has 1 atom stereocenters. The van der Waals surface area contributed by atoms with Crippen LogP contribution in [0.1, 0.15) is 23.6 Å². The molecule has 0 aromatic heterocycles. The van der Waals surface area contributed by atoms with E-state index in [2.05, 4.69) is 4.90 Å². The number of benzene rings is 3. The number of carbonyl (C=O) groups excluding carboxylic acids is 1. The molecule has 36 heavy (non-hydrogen) atoms. The third-order valence-corrected chi connectivity index (χ3v) is 7.00. The monoisotopic (exact) mass is 506 g/mol. The molecule has 0 aliphatic carbocycles. The third kappa shape index (κ3) is 5.22. The first-order valence-corrected chi connectivity index (χ1v) is 12.4. The van der Waals surface area contributed by atoms with Crippen LogP contribution in [-0.4, -0.2) is 61.4 Å². The maximum atomic E-state index is 14.2. The van der Waals surface area contributed by atoms with Crippen molar-refractivity contribution in [3.63, 3.8) is 0 Å². The zero-order chi connectivity index (χ0) is 25.1. The number of anilines is 1. The molecule has 1 fully saturated rings. The third-order valence-electron chi connectivity index (χ3n) is 6.75. The van der Waals surface area contributed by atoms with Gasteiger partial charge in [0.15, 0.2) is 0 Å². The second-order valence-electron chi connectivity index (χ2n) is 9.00. The summed E-state index contributed by atoms with van der Waals surface area (Å²) in [6.45, 7) is 2.92. The maximum absolute atomic E-state index is 14.2. The molecule has 5 rings (SSSR count). The summed E-state index contributed by atoms with van der Waals surface area (Å²) < 4.78 is 19.6. The smallest absolute Gasteiger partial charge is 0.257 e. The standard InChI is InChI=1S/C28H28ClFN4O2/c1-36-23-6-4-5-21(17-23)25-18-27(20-9-11-22(29)12-10-20)34(31-25)28(35)19-32-13-15-33(16-14-32)26-8-3-2-7-24(26)30/h2-12,17,27H,13-16,18-19H2,1H3/t27-/m0/s1. The number of rotatable bonds is 6. The Bertz CT molecular complexity index is 1260. The van der Waals surface area contributed by atoms with Gasteiger partial charge in [-0.3, -0.25) is 9.69 Å². The van der Waals surface area contributed by atoms with Gasteiger partial charge < -0.3 is 9.64 Å². The van der Waals surface area contributed by atoms with Gasteiger partial charge in [0.1, 0.15) is 11.6 Å². The first-order chi connectivity index (χ1) is 17.5. The molecule has 2 aliphatic heterocycles. The van der Waals surface area contributed by atoms with Crippen LogP contribution >= 0.6 is 11.6 Å². The maximum Gasteiger partial charge on any atom is 0.257 e. The van der Waals surface area contributed by atoms with Crippen LogP contribution in [-0.2, 0) is 4.79 Å². The summed E-state index contributed by atoms with van der Waals surface area (Å²) >= 11 is 6.11. The van der Waals surface area contributed by atoms with Crippen molar-refractivity contribution in [3.05, 3.63) is 94.8 Å². The highest BCUT2D eigenvalue weighted by Gasteiger charge is 2.34. The first-order valence-electron chi connectivity index (χ1n) is 12.0. The fourth-order valence-electron chi connectivity index (χ4n) is 4.78. The molecule has 0 N–H and O–H groups in total. The molecule has 1 saturated heterocycles. The van der Waals surface area contributed by atoms with E-state index >= 15 is 0 Å². The minimum atomic E-state index is -0.218. The highest BCUT2D eigenvalue weighted by atomic mass is 35.5. The van der Waals surface area contributed by atoms with Crippen LogP contribution in [0.15, 0.2) is 77.9 Å². The quantitative estimate of drug-likeness (QED) is 0.473. The lowest BCUT2D eigenvalue weighted by atomic mass is 9.98. The Morgan fingerprint density at radius 1 is 1.03 bits per heavy atom. The predicted octanol–water partition coefficient (Wildman–Crippen LogP) is 4.99. The van der Waals surface area contributed by atoms with E-state index < -0.39 is 0 Å². The van der Waals surface area contributed by atoms with Crippen LogP contribution in [0.2, 0.25) is 5.02 Å². The number of hydrogen-bond acceptors (Lipinski definition) is 5. The van der Waals surface area contributed by atoms with Gasteiger partial charge in [-0.15, -0.1) is 0 Å². The van der Waals surface area contributed by atoms with Crippen molar-refractivity contribution < 1.29 is 13.9 Å². The topological polar surface area (TPSA) is 48.4 Å². The van der Waals surface area contributed by atoms with Crippen LogP contribution in [0.25, 0.3) is 0 Å². The van der Waals surface area contributed by atoms with E-state index in [9.17, 15) is 9.18 Å². The molecule has 6 nitrogen and oxygen atoms in total. The molecule has 0 radical (unpaired) electrons. The summed E-state index contributed by atoms with van der Waals surface area (Å²) in [5.74, 6) is 0.465. The molecule has 2 aliphatic rings. The molecule has 0 saturated carbocycles. The van der Waals surface area contributed by atoms with E-state index in [1.807, 2.05) is 59.5 Å². The Hall–Kier alpha value is -3.42. The molecule has 0 unspecified atom stereocenters. The van der Waals surface area contributed by atoms with E-state index in [1.165, 1.54) is 6.07 Å². The molecule has 1 amide bonds. The fourth-order valence-corrected chi connectivity index (χ4v) is 4.91. The van der Waals surface area contributed by atoms with Crippen molar-refractivity contribution in [2.45, 2.75) is 12.5 Å². The number of amides is 1. The summed E-state index contributed by atoms with van der Waals surface area (Å²) in [5, 5.41) is 7.04. The van der Waals surface area contributed by atoms with Crippen molar-refractivity contribution in [1.29, 1.82) is 0 Å². The van der Waals surface area contributed by atoms with Gasteiger partial charge in [-0.25, -0.2) is 9.40 Å². The minimum absolute atomic E-state index is 0.0628. The summed E-state index contributed by atoms with van der Waals surface area (Å²) in [7, 11) is 1.63. The number of ether oxygens (including phenoxy) is 1. The van der Waals surface area contributed by atoms with Crippen LogP contribution in [0, 0.1) is 5.82 Å². The van der Waals surface area contributed by atoms with Crippen molar-refractivity contribution in [3.8, 4) is 5.75 Å². The first kappa shape index (κ1) is 24.3. The average Bonchev–Trinajstić information content (AvgIpc) is 3.36. The number of halogens is 2. The van der Waals surface area contributed by atoms with Gasteiger partial charge in [0, 0.05) is 43.2 Å². The van der Waals surface area contributed by atoms with Crippen LogP contribution < -0.4 is 9.64 Å². The number of para-hydroxylation sites is 1. The second-order valence-corrected chi connectivity index (χ2v) is 9.44. The summed E-state index contributed by atoms with van der Waals surface area (Å²) in [4.78, 5) is 17.7. The molecule has 3 aromatic carbocycles. The predicted molar refractivity (Wildman–Crippen MR) is 140 cm³/mol. The van der Waals surface area contributed by atoms with E-state index in [1.54, 1.807) is 24.3 Å². The van der Waals surface area contributed by atoms with E-state index in [0.717, 1.165) is 22.6 Å². The zero-order valence-corrected chi connectivity index (χ0v) is 20.9. The SMILES string of the molecule is COc1cccc(C2=NN(C(=O)CN3CCN(c4ccccc4F)CC3)[C@H](c3ccc(Cl)cc3)C2)c1. The van der Waals surface area contributed by atoms with Crippen molar-refractivity contribution >= 4 is 28.9 Å². The number of methoxy groups -OCH3 is 1. The Kier molecular flexibility index (Phi) is 7.20. The van der Waals surface area contributed by atoms with Gasteiger partial charge in [-0.05, 0) is 42.0 Å². The van der Waals surface area contributed by atoms with Gasteiger partial charge >= 0.3 is 0 Å². The van der Waals surface area contributed by atoms with Gasteiger partial charge in [0.05, 0.1) is 31.1 Å². The lowest BCUT2D eigenvalue weighted by Gasteiger charge is -2.36. The Morgan fingerprint density at radius 3 is 2.50 bits per heavy atom. The molecule has 0 spiro atoms. The highest BCUT2D eigenvalue weighted by Crippen LogP contribution is 2.34. The van der Waals surface area contributed by atoms with Crippen LogP contribution in [0.3, 0.4) is 0 Å². The second kappa shape index (κ2) is 10.7. The normalized spacial score (nSPS) is 18.3. The number of hydrazone groups is 1. The van der Waals surface area contributed by atoms with Crippen molar-refractivity contribution in [2.75, 3.05) is 44.7 Å². The molecule has 8 heteroatoms. The van der Waals surface area contributed by atoms with E-state index in [4.69, 9.17) is 21.4 Å². The Balaban J connectivity index is 1.32. The van der Waals surface area contributed by atoms with Crippen molar-refractivity contribution in [1.82, 2.24) is 9.91 Å². The number of nitrogens with zero attached hydrogens (tertiary/aromatic N) is 4. The van der Waals surface area contributed by atoms with Gasteiger partial charge in [0.2, 0.25) is 0 Å².